The lowest BCUT2D eigenvalue weighted by molar-refractivity contribution is -0.119. The van der Waals surface area contributed by atoms with Crippen LogP contribution in [-0.4, -0.2) is 62.7 Å². The van der Waals surface area contributed by atoms with Gasteiger partial charge in [0.2, 0.25) is 5.91 Å². The molecule has 9 heteroatoms. The summed E-state index contributed by atoms with van der Waals surface area (Å²) in [5, 5.41) is 8.51. The van der Waals surface area contributed by atoms with E-state index >= 15 is 0 Å². The Bertz CT molecular complexity index is 711. The fraction of sp³-hybridized carbons (Fsp3) is 0.438. The number of amides is 2. The standard InChI is InChI=1S/C16H20FN5O3/c1-11(23)18-8-13-9-22(16(24)25-13)12-3-4-15(14(17)7-12)21-6-5-20(2)19-10-21/h3-4,7,10,13H,5-6,8-9H2,1-2H3,(H,18,23). The van der Waals surface area contributed by atoms with Gasteiger partial charge in [0.25, 0.3) is 0 Å². The van der Waals surface area contributed by atoms with E-state index in [-0.39, 0.29) is 19.0 Å². The van der Waals surface area contributed by atoms with Gasteiger partial charge < -0.3 is 15.0 Å². The number of likely N-dealkylation sites (N-methyl/N-ethyl adjacent to an activating group) is 1. The average molecular weight is 349 g/mol. The first-order chi connectivity index (χ1) is 11.9. The number of cyclic esters (lactones) is 1. The first kappa shape index (κ1) is 17.0. The molecule has 8 nitrogen and oxygen atoms in total. The van der Waals surface area contributed by atoms with Crippen molar-refractivity contribution in [3.63, 3.8) is 0 Å². The first-order valence-electron chi connectivity index (χ1n) is 7.98. The highest BCUT2D eigenvalue weighted by atomic mass is 19.1. The molecule has 2 aliphatic heterocycles. The Hall–Kier alpha value is -2.84. The Balaban J connectivity index is 1.71. The maximum atomic E-state index is 14.5. The van der Waals surface area contributed by atoms with Crippen molar-refractivity contribution in [3.05, 3.63) is 24.0 Å². The summed E-state index contributed by atoms with van der Waals surface area (Å²) in [6.07, 6.45) is 0.572. The summed E-state index contributed by atoms with van der Waals surface area (Å²) in [5.41, 5.74) is 0.825. The van der Waals surface area contributed by atoms with Crippen molar-refractivity contribution < 1.29 is 18.7 Å². The molecule has 1 aromatic rings. The highest BCUT2D eigenvalue weighted by Crippen LogP contribution is 2.28. The Kier molecular flexibility index (Phi) is 4.73. The van der Waals surface area contributed by atoms with Crippen LogP contribution in [0.1, 0.15) is 6.92 Å². The second-order valence-corrected chi connectivity index (χ2v) is 5.99. The molecular weight excluding hydrogens is 329 g/mol. The van der Waals surface area contributed by atoms with Gasteiger partial charge >= 0.3 is 6.09 Å². The molecule has 2 aliphatic rings. The highest BCUT2D eigenvalue weighted by Gasteiger charge is 2.32. The lowest BCUT2D eigenvalue weighted by atomic mass is 10.2. The van der Waals surface area contributed by atoms with Gasteiger partial charge in [-0.25, -0.2) is 9.18 Å². The summed E-state index contributed by atoms with van der Waals surface area (Å²) in [4.78, 5) is 26.0. The summed E-state index contributed by atoms with van der Waals surface area (Å²) in [7, 11) is 1.85. The summed E-state index contributed by atoms with van der Waals surface area (Å²) in [6.45, 7) is 3.20. The molecule has 1 fully saturated rings. The third kappa shape index (κ3) is 3.81. The molecule has 3 rings (SSSR count). The van der Waals surface area contributed by atoms with Gasteiger partial charge in [0.1, 0.15) is 18.3 Å². The van der Waals surface area contributed by atoms with Crippen LogP contribution < -0.4 is 15.1 Å². The minimum absolute atomic E-state index is 0.196. The molecule has 134 valence electrons. The van der Waals surface area contributed by atoms with E-state index in [1.807, 2.05) is 7.05 Å². The SMILES string of the molecule is CC(=O)NCC1CN(c2ccc(N3C=NN(C)CC3)c(F)c2)C(=O)O1. The quantitative estimate of drug-likeness (QED) is 0.877. The van der Waals surface area contributed by atoms with E-state index in [4.69, 9.17) is 4.74 Å². The van der Waals surface area contributed by atoms with Crippen molar-refractivity contribution >= 4 is 29.7 Å². The number of rotatable bonds is 4. The molecule has 0 saturated carbocycles. The third-order valence-electron chi connectivity index (χ3n) is 4.06. The average Bonchev–Trinajstić information content (AvgIpc) is 2.95. The molecule has 0 radical (unpaired) electrons. The lowest BCUT2D eigenvalue weighted by Gasteiger charge is -2.28. The monoisotopic (exact) mass is 349 g/mol. The normalized spacial score (nSPS) is 20.0. The van der Waals surface area contributed by atoms with Crippen LogP contribution in [0.3, 0.4) is 0 Å². The van der Waals surface area contributed by atoms with Crippen LogP contribution >= 0.6 is 0 Å². The summed E-state index contributed by atoms with van der Waals surface area (Å²) < 4.78 is 19.7. The topological polar surface area (TPSA) is 77.5 Å². The molecule has 0 spiro atoms. The number of anilines is 2. The van der Waals surface area contributed by atoms with E-state index in [9.17, 15) is 14.0 Å². The number of hydrogen-bond acceptors (Lipinski definition) is 6. The fourth-order valence-corrected chi connectivity index (χ4v) is 2.69. The number of nitrogens with one attached hydrogen (secondary N) is 1. The molecule has 0 aromatic heterocycles. The number of carbonyl (C=O) groups excluding carboxylic acids is 2. The van der Waals surface area contributed by atoms with Gasteiger partial charge in [0.05, 0.1) is 31.0 Å². The maximum Gasteiger partial charge on any atom is 0.414 e. The maximum absolute atomic E-state index is 14.5. The van der Waals surface area contributed by atoms with Gasteiger partial charge in [-0.15, -0.1) is 0 Å². The second-order valence-electron chi connectivity index (χ2n) is 5.99. The molecule has 25 heavy (non-hydrogen) atoms. The Morgan fingerprint density at radius 3 is 2.88 bits per heavy atom. The van der Waals surface area contributed by atoms with Gasteiger partial charge in [0.15, 0.2) is 0 Å². The fourth-order valence-electron chi connectivity index (χ4n) is 2.69. The molecule has 0 bridgehead atoms. The molecule has 2 amide bonds. The number of ether oxygens (including phenoxy) is 1. The van der Waals surface area contributed by atoms with Crippen molar-refractivity contribution in [1.82, 2.24) is 10.3 Å². The lowest BCUT2D eigenvalue weighted by Crippen LogP contribution is -2.36. The number of benzene rings is 1. The van der Waals surface area contributed by atoms with Crippen LogP contribution in [0.5, 0.6) is 0 Å². The predicted molar refractivity (Wildman–Crippen MR) is 91.2 cm³/mol. The van der Waals surface area contributed by atoms with Crippen molar-refractivity contribution in [3.8, 4) is 0 Å². The zero-order chi connectivity index (χ0) is 18.0. The molecule has 2 heterocycles. The zero-order valence-electron chi connectivity index (χ0n) is 14.1. The highest BCUT2D eigenvalue weighted by molar-refractivity contribution is 5.90. The number of hydrogen-bond donors (Lipinski definition) is 1. The largest absolute Gasteiger partial charge is 0.442 e. The second kappa shape index (κ2) is 6.96. The summed E-state index contributed by atoms with van der Waals surface area (Å²) in [6, 6.07) is 4.60. The minimum Gasteiger partial charge on any atom is -0.442 e. The molecular formula is C16H20FN5O3. The van der Waals surface area contributed by atoms with Crippen molar-refractivity contribution in [2.24, 2.45) is 5.10 Å². The number of halogens is 1. The van der Waals surface area contributed by atoms with Crippen LogP contribution in [0.15, 0.2) is 23.3 Å². The molecule has 1 unspecified atom stereocenters. The number of hydrazone groups is 1. The summed E-state index contributed by atoms with van der Waals surface area (Å²) >= 11 is 0. The van der Waals surface area contributed by atoms with Crippen LogP contribution in [-0.2, 0) is 9.53 Å². The number of carbonyl (C=O) groups is 2. The smallest absolute Gasteiger partial charge is 0.414 e. The van der Waals surface area contributed by atoms with E-state index in [0.29, 0.717) is 24.5 Å². The van der Waals surface area contributed by atoms with E-state index in [0.717, 1.165) is 0 Å². The zero-order valence-corrected chi connectivity index (χ0v) is 14.1. The van der Waals surface area contributed by atoms with Gasteiger partial charge in [-0.2, -0.15) is 5.10 Å². The van der Waals surface area contributed by atoms with E-state index in [1.54, 1.807) is 28.4 Å². The number of nitrogens with zero attached hydrogens (tertiary/aromatic N) is 4. The van der Waals surface area contributed by atoms with E-state index < -0.39 is 18.0 Å². The van der Waals surface area contributed by atoms with Gasteiger partial charge in [-0.3, -0.25) is 14.7 Å². The van der Waals surface area contributed by atoms with Crippen LogP contribution in [0.4, 0.5) is 20.6 Å². The summed E-state index contributed by atoms with van der Waals surface area (Å²) in [5.74, 6) is -0.634. The molecule has 1 aromatic carbocycles. The van der Waals surface area contributed by atoms with Crippen LogP contribution in [0, 0.1) is 5.82 Å². The van der Waals surface area contributed by atoms with Gasteiger partial charge in [-0.1, -0.05) is 0 Å². The molecule has 0 aliphatic carbocycles. The van der Waals surface area contributed by atoms with E-state index in [1.165, 1.54) is 17.9 Å². The van der Waals surface area contributed by atoms with Gasteiger partial charge in [-0.05, 0) is 18.2 Å². The van der Waals surface area contributed by atoms with Crippen LogP contribution in [0.25, 0.3) is 0 Å². The van der Waals surface area contributed by atoms with E-state index in [2.05, 4.69) is 10.4 Å². The first-order valence-corrected chi connectivity index (χ1v) is 7.98. The minimum atomic E-state index is -0.552. The van der Waals surface area contributed by atoms with Crippen molar-refractivity contribution in [2.45, 2.75) is 13.0 Å². The third-order valence-corrected chi connectivity index (χ3v) is 4.06. The Morgan fingerprint density at radius 1 is 1.44 bits per heavy atom. The van der Waals surface area contributed by atoms with Crippen LogP contribution in [0.2, 0.25) is 0 Å². The molecule has 1 saturated heterocycles. The molecule has 1 atom stereocenters. The Morgan fingerprint density at radius 2 is 2.24 bits per heavy atom. The molecule has 1 N–H and O–H groups in total. The van der Waals surface area contributed by atoms with Crippen molar-refractivity contribution in [2.75, 3.05) is 43.0 Å². The van der Waals surface area contributed by atoms with Gasteiger partial charge in [0, 0.05) is 20.5 Å². The Labute approximate surface area is 144 Å². The predicted octanol–water partition coefficient (Wildman–Crippen LogP) is 0.982. The van der Waals surface area contributed by atoms with Crippen molar-refractivity contribution in [1.29, 1.82) is 0 Å².